The number of hydrogen-bond donors (Lipinski definition) is 1. The molecule has 350 valence electrons. The fourth-order valence-corrected chi connectivity index (χ4v) is 9.82. The fourth-order valence-electron chi connectivity index (χ4n) is 9.82. The van der Waals surface area contributed by atoms with E-state index in [0.717, 1.165) is 61.4 Å². The third-order valence-electron chi connectivity index (χ3n) is 13.8. The number of phenolic OH excluding ortho intramolecular Hbond substituents is 1. The van der Waals surface area contributed by atoms with Crippen molar-refractivity contribution in [1.82, 2.24) is 19.1 Å². The third-order valence-corrected chi connectivity index (χ3v) is 13.8. The molecule has 8 aromatic carbocycles. The Labute approximate surface area is 425 Å². The van der Waals surface area contributed by atoms with E-state index in [2.05, 4.69) is 223 Å². The van der Waals surface area contributed by atoms with Crippen molar-refractivity contribution in [3.05, 3.63) is 199 Å². The molecule has 0 saturated carbocycles. The Morgan fingerprint density at radius 1 is 0.457 bits per heavy atom. The molecule has 3 aromatic heterocycles. The predicted molar refractivity (Wildman–Crippen MR) is 289 cm³/mol. The summed E-state index contributed by atoms with van der Waals surface area (Å²) in [5.41, 5.74) is 16.0. The summed E-state index contributed by atoms with van der Waals surface area (Å²) >= 11 is 0. The van der Waals surface area contributed by atoms with Crippen LogP contribution in [-0.2, 0) is 37.3 Å². The second-order valence-electron chi connectivity index (χ2n) is 21.7. The monoisotopic (exact) mass is 1090 g/mol. The van der Waals surface area contributed by atoms with Crippen LogP contribution in [0.4, 0.5) is 0 Å². The molecule has 11 aromatic rings. The summed E-state index contributed by atoms with van der Waals surface area (Å²) in [6.45, 7) is 20.3. The minimum atomic E-state index is -0.178. The van der Waals surface area contributed by atoms with Gasteiger partial charge in [-0.05, 0) is 110 Å². The summed E-state index contributed by atoms with van der Waals surface area (Å²) in [5, 5.41) is 16.3. The predicted octanol–water partition coefficient (Wildman–Crippen LogP) is 16.7. The number of fused-ring (bicyclic) bond motifs is 5. The topological polar surface area (TPSA) is 55.9 Å². The Morgan fingerprint density at radius 2 is 1.07 bits per heavy atom. The number of aromatic nitrogens is 4. The van der Waals surface area contributed by atoms with Gasteiger partial charge in [0.1, 0.15) is 11.6 Å². The van der Waals surface area contributed by atoms with E-state index in [-0.39, 0.29) is 43.1 Å². The molecule has 70 heavy (non-hydrogen) atoms. The van der Waals surface area contributed by atoms with Crippen LogP contribution < -0.4 is 0 Å². The molecule has 6 heteroatoms. The number of benzene rings is 8. The van der Waals surface area contributed by atoms with Crippen LogP contribution in [0, 0.1) is 6.07 Å². The summed E-state index contributed by atoms with van der Waals surface area (Å²) in [7, 11) is 0. The largest absolute Gasteiger partial charge is 0.507 e. The van der Waals surface area contributed by atoms with Crippen LogP contribution in [0.25, 0.3) is 99.9 Å². The van der Waals surface area contributed by atoms with Crippen LogP contribution in [-0.4, -0.2) is 24.2 Å². The minimum Gasteiger partial charge on any atom is -0.507 e. The first-order valence-corrected chi connectivity index (χ1v) is 24.0. The summed E-state index contributed by atoms with van der Waals surface area (Å²) in [5.74, 6) is 0.863. The van der Waals surface area contributed by atoms with Crippen LogP contribution in [0.3, 0.4) is 0 Å². The van der Waals surface area contributed by atoms with Crippen LogP contribution >= 0.6 is 0 Å². The van der Waals surface area contributed by atoms with E-state index in [1.807, 2.05) is 24.4 Å². The van der Waals surface area contributed by atoms with E-state index in [0.29, 0.717) is 11.4 Å². The van der Waals surface area contributed by atoms with Gasteiger partial charge in [0, 0.05) is 55.1 Å². The van der Waals surface area contributed by atoms with Crippen molar-refractivity contribution in [2.45, 2.75) is 78.6 Å². The molecule has 0 bridgehead atoms. The molecular weight excluding hydrogens is 1040 g/mol. The maximum absolute atomic E-state index is 11.4. The molecule has 0 spiro atoms. The van der Waals surface area contributed by atoms with E-state index >= 15 is 0 Å². The quantitative estimate of drug-likeness (QED) is 0.169. The summed E-state index contributed by atoms with van der Waals surface area (Å²) in [6.07, 6.45) is 1.92. The van der Waals surface area contributed by atoms with Gasteiger partial charge in [-0.25, -0.2) is 4.98 Å². The first kappa shape index (κ1) is 46.6. The number of imidazole rings is 1. The van der Waals surface area contributed by atoms with Crippen molar-refractivity contribution in [2.75, 3.05) is 0 Å². The minimum absolute atomic E-state index is 0. The number of rotatable bonds is 6. The second-order valence-corrected chi connectivity index (χ2v) is 21.7. The molecule has 0 aliphatic carbocycles. The van der Waals surface area contributed by atoms with Crippen molar-refractivity contribution in [3.8, 4) is 62.0 Å². The van der Waals surface area contributed by atoms with Gasteiger partial charge < -0.3 is 9.67 Å². The molecule has 1 N–H and O–H groups in total. The zero-order chi connectivity index (χ0) is 48.0. The van der Waals surface area contributed by atoms with Gasteiger partial charge in [0.2, 0.25) is 0 Å². The maximum atomic E-state index is 11.4. The van der Waals surface area contributed by atoms with E-state index in [1.165, 1.54) is 43.8 Å². The molecule has 0 unspecified atom stereocenters. The van der Waals surface area contributed by atoms with Crippen LogP contribution in [0.5, 0.6) is 5.75 Å². The molecule has 3 heterocycles. The zero-order valence-electron chi connectivity index (χ0n) is 41.3. The first-order valence-electron chi connectivity index (χ1n) is 24.0. The Hall–Kier alpha value is -7.07. The number of pyridine rings is 1. The Bertz CT molecular complexity index is 3780. The van der Waals surface area contributed by atoms with Gasteiger partial charge in [-0.2, -0.15) is 0 Å². The van der Waals surface area contributed by atoms with Crippen LogP contribution in [0.15, 0.2) is 176 Å². The molecule has 0 aliphatic heterocycles. The van der Waals surface area contributed by atoms with Crippen molar-refractivity contribution in [1.29, 1.82) is 0 Å². The van der Waals surface area contributed by atoms with Crippen LogP contribution in [0.2, 0.25) is 0 Å². The van der Waals surface area contributed by atoms with Gasteiger partial charge in [-0.1, -0.05) is 171 Å². The average Bonchev–Trinajstić information content (AvgIpc) is 3.89. The van der Waals surface area contributed by atoms with Crippen molar-refractivity contribution >= 4 is 43.6 Å². The molecule has 11 rings (SSSR count). The molecule has 5 nitrogen and oxygen atoms in total. The standard InChI is InChI=1S/C64H57N4O.Pt/c1-62(2,3)46-32-44(51-21-16-23-57-60(51)66-61(54-20-13-15-24-59(54)69)68(57)50-38-47(63(4,5)6)37-48(39-50)64(7,8)9)31-45(33-46)55-35-43(29-30-65-55)42-26-28-53-52-19-12-14-22-56(52)67(58(53)36-42)49-27-25-40-17-10-11-18-41(40)34-49;/h10-30,32-39,69H,1-9H3;/q-1;. The summed E-state index contributed by atoms with van der Waals surface area (Å²) in [6, 6.07) is 64.3. The molecule has 0 radical (unpaired) electrons. The van der Waals surface area contributed by atoms with E-state index in [9.17, 15) is 5.11 Å². The van der Waals surface area contributed by atoms with Gasteiger partial charge in [-0.15, -0.1) is 29.3 Å². The number of hydrogen-bond acceptors (Lipinski definition) is 3. The molecule has 0 saturated heterocycles. The number of phenols is 1. The maximum Gasteiger partial charge on any atom is 0.148 e. The number of nitrogens with zero attached hydrogens (tertiary/aromatic N) is 4. The van der Waals surface area contributed by atoms with Gasteiger partial charge >= 0.3 is 0 Å². The zero-order valence-corrected chi connectivity index (χ0v) is 43.6. The van der Waals surface area contributed by atoms with Crippen LogP contribution in [0.1, 0.15) is 79.0 Å². The van der Waals surface area contributed by atoms with Crippen molar-refractivity contribution in [3.63, 3.8) is 0 Å². The third kappa shape index (κ3) is 8.35. The van der Waals surface area contributed by atoms with Gasteiger partial charge in [0.15, 0.2) is 0 Å². The Kier molecular flexibility index (Phi) is 11.6. The van der Waals surface area contributed by atoms with Crippen molar-refractivity contribution < 1.29 is 26.2 Å². The van der Waals surface area contributed by atoms with Crippen molar-refractivity contribution in [2.24, 2.45) is 0 Å². The molecule has 0 aliphatic rings. The molecular formula is C64H57N4OPt-. The number of para-hydroxylation sites is 3. The van der Waals surface area contributed by atoms with E-state index < -0.39 is 0 Å². The number of aromatic hydroxyl groups is 1. The van der Waals surface area contributed by atoms with E-state index in [1.54, 1.807) is 6.07 Å². The van der Waals surface area contributed by atoms with Gasteiger partial charge in [-0.3, -0.25) is 9.55 Å². The fraction of sp³-hybridized carbons (Fsp3) is 0.188. The average molecular weight is 1090 g/mol. The normalized spacial score (nSPS) is 12.3. The van der Waals surface area contributed by atoms with Gasteiger partial charge in [0.05, 0.1) is 27.6 Å². The molecule has 0 amide bonds. The second kappa shape index (κ2) is 17.4. The molecule has 0 atom stereocenters. The Morgan fingerprint density at radius 3 is 1.81 bits per heavy atom. The molecule has 0 fully saturated rings. The van der Waals surface area contributed by atoms with Gasteiger partial charge in [0.25, 0.3) is 0 Å². The summed E-state index contributed by atoms with van der Waals surface area (Å²) < 4.78 is 4.63. The smallest absolute Gasteiger partial charge is 0.148 e. The Balaban J connectivity index is 0.00000567. The van der Waals surface area contributed by atoms with E-state index in [4.69, 9.17) is 9.97 Å². The SMILES string of the molecule is CC(C)(C)c1cc(-c2cc(-c3ccc4c5ccccc5n(-c5ccc6ccccc6c5)c4c3)ccn2)[c-]c(-c2cccc3c2nc(-c2ccccc2O)n3-c2cc(C(C)(C)C)cc(C(C)(C)C)c2)c1.[Pt]. The summed E-state index contributed by atoms with van der Waals surface area (Å²) in [4.78, 5) is 10.5. The first-order chi connectivity index (χ1) is 33.0.